The third kappa shape index (κ3) is 5.24. The lowest BCUT2D eigenvalue weighted by atomic mass is 9.86. The van der Waals surface area contributed by atoms with Crippen LogP contribution >= 0.6 is 0 Å². The lowest BCUT2D eigenvalue weighted by Crippen LogP contribution is -2.37. The summed E-state index contributed by atoms with van der Waals surface area (Å²) < 4.78 is 10.3. The van der Waals surface area contributed by atoms with E-state index in [0.29, 0.717) is 29.7 Å². The average molecular weight is 388 g/mol. The second-order valence-corrected chi connectivity index (χ2v) is 7.83. The Hall–Kier alpha value is -2.57. The monoisotopic (exact) mass is 388 g/mol. The quantitative estimate of drug-likeness (QED) is 0.692. The summed E-state index contributed by atoms with van der Waals surface area (Å²) in [4.78, 5) is 37.6. The molecule has 3 rings (SSSR count). The number of likely N-dealkylation sites (N-methyl/N-ethyl adjacent to an activating group) is 1. The van der Waals surface area contributed by atoms with Crippen molar-refractivity contribution in [2.45, 2.75) is 32.1 Å². The maximum atomic E-state index is 12.1. The lowest BCUT2D eigenvalue weighted by molar-refractivity contribution is -0.152. The molecule has 2 bridgehead atoms. The molecule has 0 saturated heterocycles. The van der Waals surface area contributed by atoms with Gasteiger partial charge < -0.3 is 19.7 Å². The van der Waals surface area contributed by atoms with Gasteiger partial charge in [0.2, 0.25) is 5.91 Å². The number of amides is 2. The van der Waals surface area contributed by atoms with Crippen molar-refractivity contribution in [3.05, 3.63) is 24.3 Å². The third-order valence-electron chi connectivity index (χ3n) is 5.83. The van der Waals surface area contributed by atoms with E-state index >= 15 is 0 Å². The van der Waals surface area contributed by atoms with Gasteiger partial charge in [-0.25, -0.2) is 0 Å². The van der Waals surface area contributed by atoms with E-state index in [4.69, 9.17) is 9.47 Å². The molecule has 2 fully saturated rings. The van der Waals surface area contributed by atoms with Crippen LogP contribution in [0.1, 0.15) is 32.1 Å². The van der Waals surface area contributed by atoms with Crippen LogP contribution in [0.25, 0.3) is 0 Å². The zero-order valence-electron chi connectivity index (χ0n) is 16.5. The van der Waals surface area contributed by atoms with Crippen molar-refractivity contribution >= 4 is 23.5 Å². The Morgan fingerprint density at radius 1 is 1.21 bits per heavy atom. The summed E-state index contributed by atoms with van der Waals surface area (Å²) in [5.74, 6) is 1.41. The summed E-state index contributed by atoms with van der Waals surface area (Å²) in [6.07, 6.45) is 5.25. The van der Waals surface area contributed by atoms with Gasteiger partial charge in [-0.2, -0.15) is 0 Å². The highest BCUT2D eigenvalue weighted by molar-refractivity contribution is 5.94. The second-order valence-electron chi connectivity index (χ2n) is 7.83. The molecule has 0 aliphatic heterocycles. The maximum Gasteiger partial charge on any atom is 0.306 e. The summed E-state index contributed by atoms with van der Waals surface area (Å²) in [6, 6.07) is 6.96. The Morgan fingerprint density at radius 3 is 2.71 bits per heavy atom. The molecule has 3 atom stereocenters. The number of methoxy groups -OCH3 is 1. The maximum absolute atomic E-state index is 12.1. The van der Waals surface area contributed by atoms with Gasteiger partial charge in [-0.05, 0) is 49.1 Å². The number of fused-ring (bicyclic) bond motifs is 2. The zero-order valence-corrected chi connectivity index (χ0v) is 16.5. The highest BCUT2D eigenvalue weighted by atomic mass is 16.5. The molecule has 0 unspecified atom stereocenters. The van der Waals surface area contributed by atoms with Crippen molar-refractivity contribution in [1.82, 2.24) is 4.90 Å². The van der Waals surface area contributed by atoms with Crippen LogP contribution in [-0.4, -0.2) is 50.0 Å². The van der Waals surface area contributed by atoms with Gasteiger partial charge in [0, 0.05) is 25.2 Å². The standard InChI is InChI=1S/C21H28N2O5/c1-23(12-19(24)22-17-4-3-5-18(11-17)27-2)20(25)13-28-21(26)10-16-9-14-6-7-15(16)8-14/h3-5,11,14-16H,6-10,12-13H2,1-2H3,(H,22,24)/t14-,15-,16+/m1/s1. The van der Waals surface area contributed by atoms with Gasteiger partial charge in [0.05, 0.1) is 13.7 Å². The van der Waals surface area contributed by atoms with Gasteiger partial charge in [0.1, 0.15) is 5.75 Å². The average Bonchev–Trinajstić information content (AvgIpc) is 3.29. The summed E-state index contributed by atoms with van der Waals surface area (Å²) in [5, 5.41) is 2.71. The first-order valence-corrected chi connectivity index (χ1v) is 9.78. The molecule has 2 aliphatic rings. The molecule has 7 nitrogen and oxygen atoms in total. The smallest absolute Gasteiger partial charge is 0.306 e. The highest BCUT2D eigenvalue weighted by Crippen LogP contribution is 2.49. The molecule has 0 aromatic heterocycles. The van der Waals surface area contributed by atoms with Crippen molar-refractivity contribution in [1.29, 1.82) is 0 Å². The fourth-order valence-electron chi connectivity index (χ4n) is 4.36. The van der Waals surface area contributed by atoms with Crippen LogP contribution in [0.5, 0.6) is 5.75 Å². The van der Waals surface area contributed by atoms with Crippen LogP contribution in [0.3, 0.4) is 0 Å². The van der Waals surface area contributed by atoms with Crippen molar-refractivity contribution < 1.29 is 23.9 Å². The molecular formula is C21H28N2O5. The fraction of sp³-hybridized carbons (Fsp3) is 0.571. The van der Waals surface area contributed by atoms with Crippen LogP contribution in [0.2, 0.25) is 0 Å². The molecule has 2 aliphatic carbocycles. The predicted octanol–water partition coefficient (Wildman–Crippen LogP) is 2.46. The molecule has 28 heavy (non-hydrogen) atoms. The van der Waals surface area contributed by atoms with Crippen LogP contribution in [0, 0.1) is 17.8 Å². The van der Waals surface area contributed by atoms with Crippen molar-refractivity contribution in [2.75, 3.05) is 32.6 Å². The highest BCUT2D eigenvalue weighted by Gasteiger charge is 2.40. The number of benzene rings is 1. The second kappa shape index (κ2) is 9.08. The Bertz CT molecular complexity index is 735. The van der Waals surface area contributed by atoms with E-state index in [1.54, 1.807) is 31.4 Å². The molecule has 152 valence electrons. The molecule has 2 saturated carbocycles. The Morgan fingerprint density at radius 2 is 2.04 bits per heavy atom. The first kappa shape index (κ1) is 20.2. The van der Waals surface area contributed by atoms with Gasteiger partial charge in [0.25, 0.3) is 5.91 Å². The molecule has 1 aromatic carbocycles. The molecule has 0 heterocycles. The van der Waals surface area contributed by atoms with Crippen molar-refractivity contribution in [3.63, 3.8) is 0 Å². The molecule has 1 N–H and O–H groups in total. The van der Waals surface area contributed by atoms with E-state index in [0.717, 1.165) is 12.3 Å². The summed E-state index contributed by atoms with van der Waals surface area (Å²) in [5.41, 5.74) is 0.586. The van der Waals surface area contributed by atoms with Crippen LogP contribution in [-0.2, 0) is 19.1 Å². The number of carbonyl (C=O) groups excluding carboxylic acids is 3. The van der Waals surface area contributed by atoms with Gasteiger partial charge in [-0.1, -0.05) is 12.5 Å². The van der Waals surface area contributed by atoms with E-state index in [2.05, 4.69) is 5.32 Å². The van der Waals surface area contributed by atoms with Gasteiger partial charge in [-0.3, -0.25) is 14.4 Å². The Kier molecular flexibility index (Phi) is 6.54. The van der Waals surface area contributed by atoms with E-state index in [1.165, 1.54) is 31.2 Å². The molecule has 2 amide bonds. The molecule has 7 heteroatoms. The fourth-order valence-corrected chi connectivity index (χ4v) is 4.36. The Labute approximate surface area is 165 Å². The van der Waals surface area contributed by atoms with E-state index in [1.807, 2.05) is 0 Å². The minimum absolute atomic E-state index is 0.125. The first-order chi connectivity index (χ1) is 13.4. The first-order valence-electron chi connectivity index (χ1n) is 9.78. The van der Waals surface area contributed by atoms with Crippen LogP contribution < -0.4 is 10.1 Å². The van der Waals surface area contributed by atoms with E-state index in [9.17, 15) is 14.4 Å². The van der Waals surface area contributed by atoms with Crippen LogP contribution in [0.15, 0.2) is 24.3 Å². The van der Waals surface area contributed by atoms with Crippen LogP contribution in [0.4, 0.5) is 5.69 Å². The number of rotatable bonds is 8. The SMILES string of the molecule is COc1cccc(NC(=O)CN(C)C(=O)COC(=O)C[C@@H]2C[C@@H]3CC[C@@H]2C3)c1. The summed E-state index contributed by atoms with van der Waals surface area (Å²) >= 11 is 0. The zero-order chi connectivity index (χ0) is 20.1. The number of anilines is 1. The number of nitrogens with zero attached hydrogens (tertiary/aromatic N) is 1. The summed E-state index contributed by atoms with van der Waals surface area (Å²) in [6.45, 7) is -0.456. The Balaban J connectivity index is 1.37. The number of ether oxygens (including phenoxy) is 2. The van der Waals surface area contributed by atoms with E-state index in [-0.39, 0.29) is 25.0 Å². The molecular weight excluding hydrogens is 360 g/mol. The van der Waals surface area contributed by atoms with Gasteiger partial charge in [0.15, 0.2) is 6.61 Å². The minimum atomic E-state index is -0.401. The predicted molar refractivity (Wildman–Crippen MR) is 104 cm³/mol. The largest absolute Gasteiger partial charge is 0.497 e. The normalized spacial score (nSPS) is 22.6. The van der Waals surface area contributed by atoms with Gasteiger partial charge >= 0.3 is 5.97 Å². The van der Waals surface area contributed by atoms with Crippen molar-refractivity contribution in [2.24, 2.45) is 17.8 Å². The van der Waals surface area contributed by atoms with Gasteiger partial charge in [-0.15, -0.1) is 0 Å². The number of esters is 1. The molecule has 0 spiro atoms. The summed E-state index contributed by atoms with van der Waals surface area (Å²) in [7, 11) is 3.06. The minimum Gasteiger partial charge on any atom is -0.497 e. The van der Waals surface area contributed by atoms with Crippen molar-refractivity contribution in [3.8, 4) is 5.75 Å². The number of carbonyl (C=O) groups is 3. The topological polar surface area (TPSA) is 84.9 Å². The lowest BCUT2D eigenvalue weighted by Gasteiger charge is -2.21. The third-order valence-corrected chi connectivity index (χ3v) is 5.83. The number of nitrogens with one attached hydrogen (secondary N) is 1. The van der Waals surface area contributed by atoms with E-state index < -0.39 is 5.91 Å². The number of hydrogen-bond acceptors (Lipinski definition) is 5. The molecule has 0 radical (unpaired) electrons. The molecule has 1 aromatic rings. The number of hydrogen-bond donors (Lipinski definition) is 1.